The highest BCUT2D eigenvalue weighted by atomic mass is 16.5. The monoisotopic (exact) mass is 242 g/mol. The Labute approximate surface area is 105 Å². The minimum absolute atomic E-state index is 0.0467. The number of hydrogen-bond acceptors (Lipinski definition) is 4. The summed E-state index contributed by atoms with van der Waals surface area (Å²) in [6.45, 7) is 8.19. The summed E-state index contributed by atoms with van der Waals surface area (Å²) in [4.78, 5) is 13.6. The lowest BCUT2D eigenvalue weighted by molar-refractivity contribution is -0.143. The summed E-state index contributed by atoms with van der Waals surface area (Å²) in [5, 5.41) is 3.36. The summed E-state index contributed by atoms with van der Waals surface area (Å²) in [6.07, 6.45) is 5.18. The SMILES string of the molecule is CCOC(=O)CCCCCCN1CCNCC1. The number of carbonyl (C=O) groups excluding carboxylic acids is 1. The zero-order valence-corrected chi connectivity index (χ0v) is 11.0. The molecule has 4 nitrogen and oxygen atoms in total. The second kappa shape index (κ2) is 9.42. The molecule has 0 atom stereocenters. The molecule has 0 aromatic rings. The summed E-state index contributed by atoms with van der Waals surface area (Å²) in [5.74, 6) is -0.0467. The lowest BCUT2D eigenvalue weighted by Gasteiger charge is -2.26. The maximum absolute atomic E-state index is 11.1. The maximum Gasteiger partial charge on any atom is 0.305 e. The molecule has 0 radical (unpaired) electrons. The molecule has 0 unspecified atom stereocenters. The number of esters is 1. The highest BCUT2D eigenvalue weighted by Gasteiger charge is 2.08. The highest BCUT2D eigenvalue weighted by molar-refractivity contribution is 5.69. The molecular weight excluding hydrogens is 216 g/mol. The molecule has 1 aliphatic heterocycles. The first kappa shape index (κ1) is 14.5. The molecule has 100 valence electrons. The van der Waals surface area contributed by atoms with Crippen LogP contribution in [0.4, 0.5) is 0 Å². The number of carbonyl (C=O) groups is 1. The lowest BCUT2D eigenvalue weighted by atomic mass is 10.1. The third kappa shape index (κ3) is 7.34. The van der Waals surface area contributed by atoms with Crippen LogP contribution in [0.3, 0.4) is 0 Å². The van der Waals surface area contributed by atoms with E-state index in [4.69, 9.17) is 4.74 Å². The van der Waals surface area contributed by atoms with Gasteiger partial charge in [0.1, 0.15) is 0 Å². The van der Waals surface area contributed by atoms with Gasteiger partial charge in [-0.2, -0.15) is 0 Å². The van der Waals surface area contributed by atoms with E-state index in [9.17, 15) is 4.79 Å². The number of unbranched alkanes of at least 4 members (excludes halogenated alkanes) is 3. The van der Waals surface area contributed by atoms with Gasteiger partial charge >= 0.3 is 5.97 Å². The number of rotatable bonds is 8. The zero-order valence-electron chi connectivity index (χ0n) is 11.0. The van der Waals surface area contributed by atoms with Gasteiger partial charge in [0.25, 0.3) is 0 Å². The van der Waals surface area contributed by atoms with Gasteiger partial charge < -0.3 is 15.0 Å². The largest absolute Gasteiger partial charge is 0.466 e. The normalized spacial score (nSPS) is 17.0. The van der Waals surface area contributed by atoms with Crippen LogP contribution >= 0.6 is 0 Å². The standard InChI is InChI=1S/C13H26N2O2/c1-2-17-13(16)7-5-3-4-6-10-15-11-8-14-9-12-15/h14H,2-12H2,1H3. The summed E-state index contributed by atoms with van der Waals surface area (Å²) in [6, 6.07) is 0. The molecule has 1 aliphatic rings. The molecule has 1 heterocycles. The van der Waals surface area contributed by atoms with Crippen molar-refractivity contribution < 1.29 is 9.53 Å². The number of ether oxygens (including phenoxy) is 1. The Balaban J connectivity index is 1.85. The third-order valence-electron chi connectivity index (χ3n) is 3.12. The number of hydrogen-bond donors (Lipinski definition) is 1. The highest BCUT2D eigenvalue weighted by Crippen LogP contribution is 2.05. The van der Waals surface area contributed by atoms with E-state index >= 15 is 0 Å². The van der Waals surface area contributed by atoms with Gasteiger partial charge in [-0.15, -0.1) is 0 Å². The van der Waals surface area contributed by atoms with Crippen molar-refractivity contribution in [1.82, 2.24) is 10.2 Å². The van der Waals surface area contributed by atoms with Gasteiger partial charge in [-0.3, -0.25) is 4.79 Å². The first-order valence-electron chi connectivity index (χ1n) is 6.91. The van der Waals surface area contributed by atoms with Crippen LogP contribution in [0.15, 0.2) is 0 Å². The fourth-order valence-corrected chi connectivity index (χ4v) is 2.13. The fraction of sp³-hybridized carbons (Fsp3) is 0.923. The molecular formula is C13H26N2O2. The smallest absolute Gasteiger partial charge is 0.305 e. The van der Waals surface area contributed by atoms with Crippen LogP contribution in [0.25, 0.3) is 0 Å². The Kier molecular flexibility index (Phi) is 8.01. The van der Waals surface area contributed by atoms with Crippen LogP contribution in [0.2, 0.25) is 0 Å². The summed E-state index contributed by atoms with van der Waals surface area (Å²) in [5.41, 5.74) is 0. The van der Waals surface area contributed by atoms with Gasteiger partial charge in [-0.1, -0.05) is 12.8 Å². The molecule has 17 heavy (non-hydrogen) atoms. The first-order valence-corrected chi connectivity index (χ1v) is 6.91. The predicted molar refractivity (Wildman–Crippen MR) is 69.0 cm³/mol. The van der Waals surface area contributed by atoms with E-state index in [0.29, 0.717) is 13.0 Å². The Hall–Kier alpha value is -0.610. The number of nitrogens with zero attached hydrogens (tertiary/aromatic N) is 1. The molecule has 0 aromatic carbocycles. The molecule has 1 saturated heterocycles. The van der Waals surface area contributed by atoms with E-state index in [1.54, 1.807) is 0 Å². The van der Waals surface area contributed by atoms with E-state index in [1.807, 2.05) is 6.92 Å². The Morgan fingerprint density at radius 1 is 1.18 bits per heavy atom. The van der Waals surface area contributed by atoms with Crippen LogP contribution < -0.4 is 5.32 Å². The molecule has 1 rings (SSSR count). The topological polar surface area (TPSA) is 41.6 Å². The quantitative estimate of drug-likeness (QED) is 0.516. The van der Waals surface area contributed by atoms with Crippen molar-refractivity contribution in [3.05, 3.63) is 0 Å². The van der Waals surface area contributed by atoms with Gasteiger partial charge in [0, 0.05) is 32.6 Å². The van der Waals surface area contributed by atoms with Crippen molar-refractivity contribution in [2.45, 2.75) is 39.0 Å². The second-order valence-electron chi connectivity index (χ2n) is 4.56. The molecule has 0 amide bonds. The molecule has 0 spiro atoms. The van der Waals surface area contributed by atoms with E-state index < -0.39 is 0 Å². The minimum atomic E-state index is -0.0467. The average molecular weight is 242 g/mol. The summed E-state index contributed by atoms with van der Waals surface area (Å²) in [7, 11) is 0. The molecule has 0 saturated carbocycles. The van der Waals surface area contributed by atoms with Crippen LogP contribution in [-0.2, 0) is 9.53 Å². The van der Waals surface area contributed by atoms with Crippen LogP contribution in [0.5, 0.6) is 0 Å². The Morgan fingerprint density at radius 2 is 1.88 bits per heavy atom. The third-order valence-corrected chi connectivity index (χ3v) is 3.12. The molecule has 0 aliphatic carbocycles. The van der Waals surface area contributed by atoms with E-state index in [0.717, 1.165) is 25.9 Å². The maximum atomic E-state index is 11.1. The van der Waals surface area contributed by atoms with Gasteiger partial charge in [-0.05, 0) is 26.3 Å². The molecule has 1 N–H and O–H groups in total. The van der Waals surface area contributed by atoms with E-state index in [-0.39, 0.29) is 5.97 Å². The summed E-state index contributed by atoms with van der Waals surface area (Å²) < 4.78 is 4.89. The lowest BCUT2D eigenvalue weighted by Crippen LogP contribution is -2.43. The predicted octanol–water partition coefficient (Wildman–Crippen LogP) is 1.41. The van der Waals surface area contributed by atoms with Crippen LogP contribution in [0, 0.1) is 0 Å². The second-order valence-corrected chi connectivity index (χ2v) is 4.56. The Morgan fingerprint density at radius 3 is 2.59 bits per heavy atom. The van der Waals surface area contributed by atoms with E-state index in [2.05, 4.69) is 10.2 Å². The van der Waals surface area contributed by atoms with Gasteiger partial charge in [-0.25, -0.2) is 0 Å². The van der Waals surface area contributed by atoms with Crippen molar-refractivity contribution in [2.75, 3.05) is 39.3 Å². The van der Waals surface area contributed by atoms with Crippen molar-refractivity contribution in [2.24, 2.45) is 0 Å². The average Bonchev–Trinajstić information content (AvgIpc) is 2.35. The first-order chi connectivity index (χ1) is 8.33. The van der Waals surface area contributed by atoms with Crippen molar-refractivity contribution in [1.29, 1.82) is 0 Å². The van der Waals surface area contributed by atoms with Gasteiger partial charge in [0.15, 0.2) is 0 Å². The van der Waals surface area contributed by atoms with Gasteiger partial charge in [0.2, 0.25) is 0 Å². The van der Waals surface area contributed by atoms with Gasteiger partial charge in [0.05, 0.1) is 6.61 Å². The molecule has 0 bridgehead atoms. The number of nitrogens with one attached hydrogen (secondary N) is 1. The van der Waals surface area contributed by atoms with Crippen LogP contribution in [0.1, 0.15) is 39.0 Å². The molecule has 1 fully saturated rings. The minimum Gasteiger partial charge on any atom is -0.466 e. The Bertz CT molecular complexity index is 204. The van der Waals surface area contributed by atoms with Crippen molar-refractivity contribution in [3.8, 4) is 0 Å². The number of piperazine rings is 1. The van der Waals surface area contributed by atoms with Crippen molar-refractivity contribution >= 4 is 5.97 Å². The van der Waals surface area contributed by atoms with E-state index in [1.165, 1.54) is 32.5 Å². The fourth-order valence-electron chi connectivity index (χ4n) is 2.13. The van der Waals surface area contributed by atoms with Crippen LogP contribution in [-0.4, -0.2) is 50.2 Å². The molecule has 0 aromatic heterocycles. The summed E-state index contributed by atoms with van der Waals surface area (Å²) >= 11 is 0. The molecule has 4 heteroatoms. The van der Waals surface area contributed by atoms with Crippen molar-refractivity contribution in [3.63, 3.8) is 0 Å². The zero-order chi connectivity index (χ0) is 12.3.